The zero-order valence-corrected chi connectivity index (χ0v) is 14.4. The van der Waals surface area contributed by atoms with Crippen LogP contribution in [0.15, 0.2) is 84.9 Å². The van der Waals surface area contributed by atoms with Crippen LogP contribution >= 0.6 is 0 Å². The molecule has 1 heterocycles. The maximum Gasteiger partial charge on any atom is 0.241 e. The van der Waals surface area contributed by atoms with E-state index in [0.29, 0.717) is 0 Å². The summed E-state index contributed by atoms with van der Waals surface area (Å²) in [5.74, 6) is 0.163. The number of anilines is 1. The Morgan fingerprint density at radius 3 is 2.12 bits per heavy atom. The second-order valence-corrected chi connectivity index (χ2v) is 6.64. The number of rotatable bonds is 4. The minimum atomic E-state index is -0.609. The number of likely N-dealkylation sites (N-methyl/N-ethyl adjacent to an activating group) is 1. The third-order valence-electron chi connectivity index (χ3n) is 5.29. The molecule has 0 fully saturated rings. The zero-order chi connectivity index (χ0) is 17.3. The van der Waals surface area contributed by atoms with Gasteiger partial charge in [0.05, 0.1) is 0 Å². The minimum Gasteiger partial charge on any atom is -0.314 e. The fourth-order valence-electron chi connectivity index (χ4n) is 4.00. The van der Waals surface area contributed by atoms with Gasteiger partial charge in [-0.3, -0.25) is 4.79 Å². The molecule has 2 nitrogen and oxygen atoms in total. The van der Waals surface area contributed by atoms with E-state index in [0.717, 1.165) is 29.7 Å². The highest BCUT2D eigenvalue weighted by molar-refractivity contribution is 6.10. The van der Waals surface area contributed by atoms with Gasteiger partial charge in [-0.2, -0.15) is 0 Å². The molecule has 124 valence electrons. The summed E-state index contributed by atoms with van der Waals surface area (Å²) >= 11 is 0. The summed E-state index contributed by atoms with van der Waals surface area (Å²) in [6, 6.07) is 28.8. The van der Waals surface area contributed by atoms with Crippen LogP contribution in [0.5, 0.6) is 0 Å². The van der Waals surface area contributed by atoms with E-state index in [9.17, 15) is 4.79 Å². The van der Waals surface area contributed by atoms with E-state index < -0.39 is 5.41 Å². The largest absolute Gasteiger partial charge is 0.314 e. The van der Waals surface area contributed by atoms with Crippen molar-refractivity contribution in [2.75, 3.05) is 11.9 Å². The van der Waals surface area contributed by atoms with Crippen molar-refractivity contribution >= 4 is 11.6 Å². The molecule has 3 aromatic carbocycles. The standard InChI is InChI=1S/C23H21NO/c1-24-21-15-9-8-14-20(21)23(22(24)25,19-12-6-3-7-13-19)17-16-18-10-4-2-5-11-18/h2-15H,16-17H2,1H3/t23-/m1/s1. The molecule has 4 rings (SSSR count). The molecule has 1 atom stereocenters. The number of nitrogens with zero attached hydrogens (tertiary/aromatic N) is 1. The van der Waals surface area contributed by atoms with Gasteiger partial charge in [0, 0.05) is 12.7 Å². The second kappa shape index (κ2) is 6.21. The predicted molar refractivity (Wildman–Crippen MR) is 102 cm³/mol. The van der Waals surface area contributed by atoms with E-state index in [1.54, 1.807) is 0 Å². The van der Waals surface area contributed by atoms with Gasteiger partial charge in [-0.1, -0.05) is 78.9 Å². The quantitative estimate of drug-likeness (QED) is 0.687. The Labute approximate surface area is 148 Å². The van der Waals surface area contributed by atoms with Crippen LogP contribution in [0.2, 0.25) is 0 Å². The highest BCUT2D eigenvalue weighted by atomic mass is 16.2. The lowest BCUT2D eigenvalue weighted by Gasteiger charge is -2.29. The summed E-state index contributed by atoms with van der Waals surface area (Å²) in [5.41, 5.74) is 3.86. The number of hydrogen-bond acceptors (Lipinski definition) is 1. The highest BCUT2D eigenvalue weighted by Gasteiger charge is 2.50. The normalized spacial score (nSPS) is 19.1. The molecule has 0 unspecified atom stereocenters. The summed E-state index contributed by atoms with van der Waals surface area (Å²) in [6.45, 7) is 0. The molecule has 1 aliphatic rings. The molecule has 0 bridgehead atoms. The van der Waals surface area contributed by atoms with Crippen molar-refractivity contribution in [1.82, 2.24) is 0 Å². The van der Waals surface area contributed by atoms with Gasteiger partial charge in [0.15, 0.2) is 0 Å². The average molecular weight is 327 g/mol. The van der Waals surface area contributed by atoms with Crippen molar-refractivity contribution in [3.8, 4) is 0 Å². The van der Waals surface area contributed by atoms with Crippen molar-refractivity contribution in [2.45, 2.75) is 18.3 Å². The predicted octanol–water partition coefficient (Wildman–Crippen LogP) is 4.58. The molecule has 0 N–H and O–H groups in total. The van der Waals surface area contributed by atoms with E-state index in [2.05, 4.69) is 42.5 Å². The molecule has 0 radical (unpaired) electrons. The van der Waals surface area contributed by atoms with Gasteiger partial charge in [-0.05, 0) is 35.6 Å². The van der Waals surface area contributed by atoms with E-state index >= 15 is 0 Å². The molecule has 2 heteroatoms. The molecule has 0 saturated heterocycles. The smallest absolute Gasteiger partial charge is 0.241 e. The first-order valence-electron chi connectivity index (χ1n) is 8.70. The zero-order valence-electron chi connectivity index (χ0n) is 14.4. The Kier molecular flexibility index (Phi) is 3.89. The highest BCUT2D eigenvalue weighted by Crippen LogP contribution is 2.48. The van der Waals surface area contributed by atoms with Gasteiger partial charge >= 0.3 is 0 Å². The summed E-state index contributed by atoms with van der Waals surface area (Å²) < 4.78 is 0. The number of carbonyl (C=O) groups is 1. The fourth-order valence-corrected chi connectivity index (χ4v) is 4.00. The first-order chi connectivity index (χ1) is 12.2. The average Bonchev–Trinajstić information content (AvgIpc) is 2.90. The lowest BCUT2D eigenvalue weighted by Crippen LogP contribution is -2.40. The van der Waals surface area contributed by atoms with Crippen LogP contribution in [0.3, 0.4) is 0 Å². The van der Waals surface area contributed by atoms with E-state index in [4.69, 9.17) is 0 Å². The van der Waals surface area contributed by atoms with Gasteiger partial charge in [-0.15, -0.1) is 0 Å². The number of amides is 1. The molecule has 25 heavy (non-hydrogen) atoms. The number of hydrogen-bond donors (Lipinski definition) is 0. The Morgan fingerprint density at radius 1 is 0.800 bits per heavy atom. The van der Waals surface area contributed by atoms with Crippen LogP contribution < -0.4 is 4.90 Å². The van der Waals surface area contributed by atoms with Crippen molar-refractivity contribution < 1.29 is 4.79 Å². The van der Waals surface area contributed by atoms with E-state index in [1.165, 1.54) is 5.56 Å². The van der Waals surface area contributed by atoms with Crippen LogP contribution in [0, 0.1) is 0 Å². The molecule has 0 spiro atoms. The molecule has 1 amide bonds. The van der Waals surface area contributed by atoms with Crippen molar-refractivity contribution in [1.29, 1.82) is 0 Å². The number of fused-ring (bicyclic) bond motifs is 1. The van der Waals surface area contributed by atoms with Crippen LogP contribution in [0.4, 0.5) is 5.69 Å². The van der Waals surface area contributed by atoms with Gasteiger partial charge in [0.1, 0.15) is 5.41 Å². The molecule has 0 aromatic heterocycles. The van der Waals surface area contributed by atoms with Crippen LogP contribution in [-0.2, 0) is 16.6 Å². The third-order valence-corrected chi connectivity index (χ3v) is 5.29. The summed E-state index contributed by atoms with van der Waals surface area (Å²) in [5, 5.41) is 0. The lowest BCUT2D eigenvalue weighted by atomic mass is 9.71. The van der Waals surface area contributed by atoms with Gasteiger partial charge in [0.2, 0.25) is 5.91 Å². The Balaban J connectivity index is 1.84. The molecular formula is C23H21NO. The van der Waals surface area contributed by atoms with Crippen LogP contribution in [0.25, 0.3) is 0 Å². The molecule has 3 aromatic rings. The van der Waals surface area contributed by atoms with Crippen LogP contribution in [0.1, 0.15) is 23.1 Å². The summed E-state index contributed by atoms with van der Waals surface area (Å²) in [4.78, 5) is 15.2. The first kappa shape index (κ1) is 15.6. The Hall–Kier alpha value is -2.87. The fraction of sp³-hybridized carbons (Fsp3) is 0.174. The number of para-hydroxylation sites is 1. The monoisotopic (exact) mass is 327 g/mol. The van der Waals surface area contributed by atoms with E-state index in [1.807, 2.05) is 54.4 Å². The molecule has 1 aliphatic heterocycles. The third kappa shape index (κ3) is 2.45. The maximum absolute atomic E-state index is 13.4. The summed E-state index contributed by atoms with van der Waals surface area (Å²) in [6.07, 6.45) is 1.63. The van der Waals surface area contributed by atoms with Crippen molar-refractivity contribution in [2.24, 2.45) is 0 Å². The minimum absolute atomic E-state index is 0.163. The number of aryl methyl sites for hydroxylation is 1. The number of carbonyl (C=O) groups excluding carboxylic acids is 1. The first-order valence-corrected chi connectivity index (χ1v) is 8.70. The van der Waals surface area contributed by atoms with Gasteiger partial charge in [-0.25, -0.2) is 0 Å². The molecule has 0 saturated carbocycles. The Bertz CT molecular complexity index is 888. The molecule has 0 aliphatic carbocycles. The number of benzene rings is 3. The van der Waals surface area contributed by atoms with Crippen molar-refractivity contribution in [3.63, 3.8) is 0 Å². The van der Waals surface area contributed by atoms with Gasteiger partial charge < -0.3 is 4.90 Å². The Morgan fingerprint density at radius 2 is 1.40 bits per heavy atom. The SMILES string of the molecule is CN1C(=O)[C@](CCc2ccccc2)(c2ccccc2)c2ccccc21. The summed E-state index contributed by atoms with van der Waals surface area (Å²) in [7, 11) is 1.88. The lowest BCUT2D eigenvalue weighted by molar-refractivity contribution is -0.121. The van der Waals surface area contributed by atoms with Gasteiger partial charge in [0.25, 0.3) is 0 Å². The van der Waals surface area contributed by atoms with E-state index in [-0.39, 0.29) is 5.91 Å². The molecular weight excluding hydrogens is 306 g/mol. The van der Waals surface area contributed by atoms with Crippen LogP contribution in [-0.4, -0.2) is 13.0 Å². The van der Waals surface area contributed by atoms with Crippen molar-refractivity contribution in [3.05, 3.63) is 102 Å². The maximum atomic E-state index is 13.4. The topological polar surface area (TPSA) is 20.3 Å². The second-order valence-electron chi connectivity index (χ2n) is 6.64.